The minimum Gasteiger partial charge on any atom is -0.467 e. The van der Waals surface area contributed by atoms with Crippen LogP contribution in [-0.4, -0.2) is 10.2 Å². The highest BCUT2D eigenvalue weighted by atomic mass is 35.5. The van der Waals surface area contributed by atoms with Gasteiger partial charge in [0.25, 0.3) is 0 Å². The number of thiophene rings is 1. The highest BCUT2D eigenvalue weighted by Gasteiger charge is 2.06. The van der Waals surface area contributed by atoms with Crippen LogP contribution in [0, 0.1) is 0 Å². The van der Waals surface area contributed by atoms with Crippen LogP contribution in [0.3, 0.4) is 0 Å². The Kier molecular flexibility index (Phi) is 4.62. The molecule has 3 aromatic rings. The average molecular weight is 344 g/mol. The number of thioether (sulfide) groups is 1. The Bertz CT molecular complexity index is 665. The number of furan rings is 1. The van der Waals surface area contributed by atoms with Gasteiger partial charge in [0, 0.05) is 10.6 Å². The van der Waals surface area contributed by atoms with E-state index in [1.54, 1.807) is 40.7 Å². The van der Waals surface area contributed by atoms with Gasteiger partial charge >= 0.3 is 0 Å². The van der Waals surface area contributed by atoms with E-state index in [0.29, 0.717) is 6.54 Å². The smallest absolute Gasteiger partial charge is 0.206 e. The molecule has 20 heavy (non-hydrogen) atoms. The lowest BCUT2D eigenvalue weighted by molar-refractivity contribution is 0.518. The maximum absolute atomic E-state index is 5.90. The molecule has 0 aromatic carbocycles. The van der Waals surface area contributed by atoms with Gasteiger partial charge in [0.2, 0.25) is 5.13 Å². The minimum atomic E-state index is 0.618. The van der Waals surface area contributed by atoms with E-state index in [1.807, 2.05) is 24.3 Å². The number of halogens is 1. The summed E-state index contributed by atoms with van der Waals surface area (Å²) in [5.41, 5.74) is 0. The van der Waals surface area contributed by atoms with Crippen molar-refractivity contribution >= 4 is 51.2 Å². The van der Waals surface area contributed by atoms with Crippen LogP contribution in [0.25, 0.3) is 0 Å². The molecular formula is C12H10ClN3OS3. The van der Waals surface area contributed by atoms with Crippen LogP contribution in [0.4, 0.5) is 5.13 Å². The SMILES string of the molecule is Clc1ccc(CSc2nnc(NCc3ccco3)s2)s1. The molecule has 3 aromatic heterocycles. The van der Waals surface area contributed by atoms with Crippen LogP contribution in [-0.2, 0) is 12.3 Å². The number of rotatable bonds is 6. The zero-order valence-corrected chi connectivity index (χ0v) is 13.4. The summed E-state index contributed by atoms with van der Waals surface area (Å²) >= 11 is 10.7. The Balaban J connectivity index is 1.51. The fourth-order valence-electron chi connectivity index (χ4n) is 1.48. The highest BCUT2D eigenvalue weighted by Crippen LogP contribution is 2.31. The number of hydrogen-bond acceptors (Lipinski definition) is 7. The van der Waals surface area contributed by atoms with Gasteiger partial charge in [-0.15, -0.1) is 21.5 Å². The molecule has 0 amide bonds. The third kappa shape index (κ3) is 3.76. The van der Waals surface area contributed by atoms with E-state index in [-0.39, 0.29) is 0 Å². The molecule has 0 unspecified atom stereocenters. The largest absolute Gasteiger partial charge is 0.467 e. The second kappa shape index (κ2) is 6.62. The number of anilines is 1. The summed E-state index contributed by atoms with van der Waals surface area (Å²) < 4.78 is 7.01. The topological polar surface area (TPSA) is 51.0 Å². The first-order valence-electron chi connectivity index (χ1n) is 5.76. The summed E-state index contributed by atoms with van der Waals surface area (Å²) in [5, 5.41) is 12.2. The predicted octanol–water partition coefficient (Wildman–Crippen LogP) is 4.75. The van der Waals surface area contributed by atoms with Gasteiger partial charge in [0.05, 0.1) is 17.1 Å². The molecule has 0 aliphatic heterocycles. The van der Waals surface area contributed by atoms with E-state index in [4.69, 9.17) is 16.0 Å². The molecule has 3 heterocycles. The van der Waals surface area contributed by atoms with Crippen molar-refractivity contribution in [3.8, 4) is 0 Å². The van der Waals surface area contributed by atoms with Crippen molar-refractivity contribution in [2.75, 3.05) is 5.32 Å². The second-order valence-electron chi connectivity index (χ2n) is 3.80. The molecule has 104 valence electrons. The molecule has 0 aliphatic carbocycles. The fraction of sp³-hybridized carbons (Fsp3) is 0.167. The molecule has 4 nitrogen and oxygen atoms in total. The summed E-state index contributed by atoms with van der Waals surface area (Å²) in [4.78, 5) is 1.24. The van der Waals surface area contributed by atoms with Crippen LogP contribution in [0.5, 0.6) is 0 Å². The van der Waals surface area contributed by atoms with Crippen molar-refractivity contribution in [2.45, 2.75) is 16.6 Å². The average Bonchev–Trinajstić information content (AvgIpc) is 3.16. The van der Waals surface area contributed by atoms with Crippen LogP contribution in [0.15, 0.2) is 39.3 Å². The normalized spacial score (nSPS) is 10.8. The van der Waals surface area contributed by atoms with Gasteiger partial charge in [-0.1, -0.05) is 34.7 Å². The van der Waals surface area contributed by atoms with Crippen molar-refractivity contribution in [2.24, 2.45) is 0 Å². The Hall–Kier alpha value is -1.02. The van der Waals surface area contributed by atoms with E-state index in [9.17, 15) is 0 Å². The van der Waals surface area contributed by atoms with Gasteiger partial charge in [-0.05, 0) is 24.3 Å². The van der Waals surface area contributed by atoms with Crippen molar-refractivity contribution in [1.82, 2.24) is 10.2 Å². The predicted molar refractivity (Wildman–Crippen MR) is 84.8 cm³/mol. The zero-order valence-electron chi connectivity index (χ0n) is 10.2. The van der Waals surface area contributed by atoms with E-state index >= 15 is 0 Å². The van der Waals surface area contributed by atoms with Gasteiger partial charge in [-0.3, -0.25) is 0 Å². The van der Waals surface area contributed by atoms with Crippen LogP contribution in [0.2, 0.25) is 4.34 Å². The zero-order chi connectivity index (χ0) is 13.8. The molecule has 0 fully saturated rings. The van der Waals surface area contributed by atoms with E-state index < -0.39 is 0 Å². The van der Waals surface area contributed by atoms with Crippen LogP contribution >= 0.6 is 46.0 Å². The second-order valence-corrected chi connectivity index (χ2v) is 7.80. The van der Waals surface area contributed by atoms with Crippen molar-refractivity contribution in [3.63, 3.8) is 0 Å². The molecule has 0 saturated heterocycles. The molecule has 0 spiro atoms. The maximum Gasteiger partial charge on any atom is 0.206 e. The van der Waals surface area contributed by atoms with Gasteiger partial charge in [0.15, 0.2) is 4.34 Å². The molecule has 0 radical (unpaired) electrons. The fourth-order valence-corrected chi connectivity index (χ4v) is 4.36. The summed E-state index contributed by atoms with van der Waals surface area (Å²) in [7, 11) is 0. The summed E-state index contributed by atoms with van der Waals surface area (Å²) in [6.07, 6.45) is 1.66. The number of nitrogens with one attached hydrogen (secondary N) is 1. The Labute approximate surface area is 133 Å². The van der Waals surface area contributed by atoms with Gasteiger partial charge < -0.3 is 9.73 Å². The van der Waals surface area contributed by atoms with Crippen LogP contribution < -0.4 is 5.32 Å². The third-order valence-corrected chi connectivity index (χ3v) is 5.84. The quantitative estimate of drug-likeness (QED) is 0.654. The lowest BCUT2D eigenvalue weighted by Gasteiger charge is -1.96. The van der Waals surface area contributed by atoms with Crippen molar-refractivity contribution in [3.05, 3.63) is 45.5 Å². The Morgan fingerprint density at radius 2 is 2.20 bits per heavy atom. The first kappa shape index (κ1) is 13.9. The lowest BCUT2D eigenvalue weighted by Crippen LogP contribution is -1.96. The standard InChI is InChI=1S/C12H10ClN3OS3/c13-10-4-3-9(19-10)7-18-12-16-15-11(20-12)14-6-8-2-1-5-17-8/h1-5H,6-7H2,(H,14,15). The Morgan fingerprint density at radius 3 is 2.95 bits per heavy atom. The third-order valence-electron chi connectivity index (χ3n) is 2.37. The molecule has 0 bridgehead atoms. The van der Waals surface area contributed by atoms with Gasteiger partial charge in [0.1, 0.15) is 5.76 Å². The number of nitrogens with zero attached hydrogens (tertiary/aromatic N) is 2. The molecule has 0 saturated carbocycles. The molecule has 3 rings (SSSR count). The van der Waals surface area contributed by atoms with Crippen molar-refractivity contribution < 1.29 is 4.42 Å². The monoisotopic (exact) mass is 343 g/mol. The number of hydrogen-bond donors (Lipinski definition) is 1. The first-order valence-corrected chi connectivity index (χ1v) is 8.76. The maximum atomic E-state index is 5.90. The van der Waals surface area contributed by atoms with E-state index in [1.165, 1.54) is 4.88 Å². The van der Waals surface area contributed by atoms with E-state index in [2.05, 4.69) is 15.5 Å². The summed E-state index contributed by atoms with van der Waals surface area (Å²) in [5.74, 6) is 1.74. The molecule has 1 N–H and O–H groups in total. The number of aromatic nitrogens is 2. The summed E-state index contributed by atoms with van der Waals surface area (Å²) in [6, 6.07) is 7.74. The highest BCUT2D eigenvalue weighted by molar-refractivity contribution is 8.00. The lowest BCUT2D eigenvalue weighted by atomic mass is 10.4. The van der Waals surface area contributed by atoms with Gasteiger partial charge in [-0.2, -0.15) is 0 Å². The van der Waals surface area contributed by atoms with E-state index in [0.717, 1.165) is 25.3 Å². The summed E-state index contributed by atoms with van der Waals surface area (Å²) in [6.45, 7) is 0.618. The van der Waals surface area contributed by atoms with Gasteiger partial charge in [-0.25, -0.2) is 0 Å². The van der Waals surface area contributed by atoms with Crippen LogP contribution in [0.1, 0.15) is 10.6 Å². The van der Waals surface area contributed by atoms with Crippen molar-refractivity contribution in [1.29, 1.82) is 0 Å². The Morgan fingerprint density at radius 1 is 1.25 bits per heavy atom. The first-order chi connectivity index (χ1) is 9.79. The molecule has 0 aliphatic rings. The molecular weight excluding hydrogens is 334 g/mol. The molecule has 8 heteroatoms. The minimum absolute atomic E-state index is 0.618. The molecule has 0 atom stereocenters.